The molecule has 0 unspecified atom stereocenters. The highest BCUT2D eigenvalue weighted by Crippen LogP contribution is 2.31. The van der Waals surface area contributed by atoms with E-state index in [1.54, 1.807) is 0 Å². The Morgan fingerprint density at radius 1 is 1.08 bits per heavy atom. The molecule has 7 heteroatoms. The third kappa shape index (κ3) is 4.61. The van der Waals surface area contributed by atoms with Crippen LogP contribution in [-0.4, -0.2) is 18.1 Å². The van der Waals surface area contributed by atoms with Gasteiger partial charge in [-0.3, -0.25) is 4.79 Å². The summed E-state index contributed by atoms with van der Waals surface area (Å²) < 4.78 is 2.24. The van der Waals surface area contributed by atoms with Crippen LogP contribution in [0, 0.1) is 21.0 Å². The van der Waals surface area contributed by atoms with Crippen molar-refractivity contribution in [2.45, 2.75) is 13.8 Å². The highest BCUT2D eigenvalue weighted by molar-refractivity contribution is 14.1. The van der Waals surface area contributed by atoms with Crippen molar-refractivity contribution in [3.05, 3.63) is 59.1 Å². The minimum atomic E-state index is -0.110. The van der Waals surface area contributed by atoms with Gasteiger partial charge in [-0.15, -0.1) is 0 Å². The van der Waals surface area contributed by atoms with Gasteiger partial charge in [0.25, 0.3) is 5.91 Å². The summed E-state index contributed by atoms with van der Waals surface area (Å²) in [6, 6.07) is 10.3. The summed E-state index contributed by atoms with van der Waals surface area (Å²) >= 11 is 5.97. The van der Waals surface area contributed by atoms with E-state index in [-0.39, 0.29) is 5.91 Å². The van der Waals surface area contributed by atoms with E-state index in [0.29, 0.717) is 10.1 Å². The van der Waals surface area contributed by atoms with E-state index in [0.717, 1.165) is 35.2 Å². The minimum absolute atomic E-state index is 0.110. The number of amidine groups is 1. The van der Waals surface area contributed by atoms with E-state index in [9.17, 15) is 4.79 Å². The van der Waals surface area contributed by atoms with E-state index >= 15 is 0 Å². The van der Waals surface area contributed by atoms with Crippen LogP contribution >= 0.6 is 56.9 Å². The van der Waals surface area contributed by atoms with Gasteiger partial charge in [0.05, 0.1) is 16.3 Å². The number of rotatable bonds is 3. The van der Waals surface area contributed by atoms with Crippen molar-refractivity contribution in [3.63, 3.8) is 0 Å². The van der Waals surface area contributed by atoms with Crippen molar-refractivity contribution in [1.29, 1.82) is 0 Å². The zero-order valence-electron chi connectivity index (χ0n) is 14.5. The van der Waals surface area contributed by atoms with Crippen LogP contribution in [0.2, 0.25) is 0 Å². The maximum absolute atomic E-state index is 12.3. The molecule has 4 nitrogen and oxygen atoms in total. The number of nitrogens with zero attached hydrogens (tertiary/aromatic N) is 1. The SMILES string of the molecule is CNc1c(I)cc(/C=C2\SC(=Nc3cc(C)cc(C)c3)NC2=O)cc1I. The van der Waals surface area contributed by atoms with Gasteiger partial charge >= 0.3 is 0 Å². The highest BCUT2D eigenvalue weighted by atomic mass is 127. The Labute approximate surface area is 184 Å². The Bertz CT molecular complexity index is 911. The monoisotopic (exact) mass is 589 g/mol. The number of carbonyl (C=O) groups is 1. The third-order valence-corrected chi connectivity index (χ3v) is 6.31. The second-order valence-corrected chi connectivity index (χ2v) is 9.29. The second kappa shape index (κ2) is 8.30. The van der Waals surface area contributed by atoms with Crippen LogP contribution in [0.25, 0.3) is 6.08 Å². The molecule has 0 radical (unpaired) electrons. The van der Waals surface area contributed by atoms with Crippen LogP contribution in [0.5, 0.6) is 0 Å². The lowest BCUT2D eigenvalue weighted by Crippen LogP contribution is -2.19. The molecule has 2 aromatic carbocycles. The molecule has 1 amide bonds. The fourth-order valence-electron chi connectivity index (χ4n) is 2.68. The number of amides is 1. The van der Waals surface area contributed by atoms with E-state index < -0.39 is 0 Å². The number of halogens is 2. The molecule has 1 fully saturated rings. The average molecular weight is 589 g/mol. The molecule has 0 atom stereocenters. The Hall–Kier alpha value is -1.07. The molecule has 0 aliphatic carbocycles. The molecule has 1 aliphatic heterocycles. The zero-order chi connectivity index (χ0) is 18.8. The van der Waals surface area contributed by atoms with Gasteiger partial charge in [0.2, 0.25) is 0 Å². The normalized spacial score (nSPS) is 17.0. The fraction of sp³-hybridized carbons (Fsp3) is 0.158. The molecule has 26 heavy (non-hydrogen) atoms. The van der Waals surface area contributed by atoms with Crippen molar-refractivity contribution < 1.29 is 4.79 Å². The Kier molecular flexibility index (Phi) is 6.29. The number of benzene rings is 2. The van der Waals surface area contributed by atoms with Crippen molar-refractivity contribution in [2.75, 3.05) is 12.4 Å². The minimum Gasteiger partial charge on any atom is -0.386 e. The zero-order valence-corrected chi connectivity index (χ0v) is 19.6. The summed E-state index contributed by atoms with van der Waals surface area (Å²) in [4.78, 5) is 17.5. The summed E-state index contributed by atoms with van der Waals surface area (Å²) in [5, 5.41) is 6.66. The molecule has 0 aromatic heterocycles. The molecular formula is C19H17I2N3OS. The maximum Gasteiger partial charge on any atom is 0.264 e. The molecule has 1 saturated heterocycles. The largest absolute Gasteiger partial charge is 0.386 e. The van der Waals surface area contributed by atoms with E-state index in [2.05, 4.69) is 79.0 Å². The van der Waals surface area contributed by atoms with Gasteiger partial charge in [-0.05, 0) is 118 Å². The topological polar surface area (TPSA) is 53.5 Å². The first-order valence-corrected chi connectivity index (χ1v) is 10.9. The first kappa shape index (κ1) is 19.7. The van der Waals surface area contributed by atoms with Crippen molar-refractivity contribution >= 4 is 85.5 Å². The summed E-state index contributed by atoms with van der Waals surface area (Å²) in [6.45, 7) is 4.08. The van der Waals surface area contributed by atoms with Gasteiger partial charge < -0.3 is 10.6 Å². The van der Waals surface area contributed by atoms with Crippen LogP contribution in [0.15, 0.2) is 40.2 Å². The second-order valence-electron chi connectivity index (χ2n) is 5.94. The van der Waals surface area contributed by atoms with Crippen LogP contribution in [0.3, 0.4) is 0 Å². The average Bonchev–Trinajstić information content (AvgIpc) is 2.85. The van der Waals surface area contributed by atoms with Gasteiger partial charge in [0.15, 0.2) is 5.17 Å². The number of hydrogen-bond donors (Lipinski definition) is 2. The predicted molar refractivity (Wildman–Crippen MR) is 128 cm³/mol. The lowest BCUT2D eigenvalue weighted by Gasteiger charge is -2.08. The van der Waals surface area contributed by atoms with Gasteiger partial charge in [-0.1, -0.05) is 6.07 Å². The molecule has 0 bridgehead atoms. The van der Waals surface area contributed by atoms with Crippen LogP contribution in [-0.2, 0) is 4.79 Å². The summed E-state index contributed by atoms with van der Waals surface area (Å²) in [6.07, 6.45) is 1.91. The first-order chi connectivity index (χ1) is 12.4. The third-order valence-electron chi connectivity index (χ3n) is 3.70. The lowest BCUT2D eigenvalue weighted by molar-refractivity contribution is -0.115. The van der Waals surface area contributed by atoms with Crippen LogP contribution < -0.4 is 10.6 Å². The fourth-order valence-corrected chi connectivity index (χ4v) is 5.88. The summed E-state index contributed by atoms with van der Waals surface area (Å²) in [7, 11) is 1.91. The maximum atomic E-state index is 12.3. The Morgan fingerprint density at radius 2 is 1.69 bits per heavy atom. The molecule has 1 heterocycles. The molecule has 3 rings (SSSR count). The quantitative estimate of drug-likeness (QED) is 0.371. The molecule has 2 aromatic rings. The Balaban J connectivity index is 1.88. The van der Waals surface area contributed by atoms with Crippen LogP contribution in [0.4, 0.5) is 11.4 Å². The number of anilines is 1. The standard InChI is InChI=1S/C19H17I2N3OS/c1-10-4-11(2)6-13(5-10)23-19-24-18(25)16(26-19)9-12-7-14(20)17(22-3)15(21)8-12/h4-9,22H,1-3H3,(H,23,24,25)/b16-9-. The summed E-state index contributed by atoms with van der Waals surface area (Å²) in [5.41, 5.74) is 5.28. The van der Waals surface area contributed by atoms with Gasteiger partial charge in [-0.25, -0.2) is 4.99 Å². The number of aliphatic imine (C=N–C) groups is 1. The number of carbonyl (C=O) groups excluding carboxylic acids is 1. The van der Waals surface area contributed by atoms with Gasteiger partial charge in [0.1, 0.15) is 0 Å². The number of nitrogens with one attached hydrogen (secondary N) is 2. The van der Waals surface area contributed by atoms with Crippen molar-refractivity contribution in [1.82, 2.24) is 5.32 Å². The summed E-state index contributed by atoms with van der Waals surface area (Å²) in [5.74, 6) is -0.110. The first-order valence-electron chi connectivity index (χ1n) is 7.90. The molecular weight excluding hydrogens is 572 g/mol. The Morgan fingerprint density at radius 3 is 2.27 bits per heavy atom. The van der Waals surface area contributed by atoms with Gasteiger partial charge in [0, 0.05) is 14.2 Å². The number of thioether (sulfide) groups is 1. The van der Waals surface area contributed by atoms with Crippen molar-refractivity contribution in [3.8, 4) is 0 Å². The lowest BCUT2D eigenvalue weighted by atomic mass is 10.1. The van der Waals surface area contributed by atoms with E-state index in [4.69, 9.17) is 0 Å². The van der Waals surface area contributed by atoms with Crippen molar-refractivity contribution in [2.24, 2.45) is 4.99 Å². The predicted octanol–water partition coefficient (Wildman–Crippen LogP) is 5.45. The molecule has 2 N–H and O–H groups in total. The number of aryl methyl sites for hydroxylation is 2. The highest BCUT2D eigenvalue weighted by Gasteiger charge is 2.24. The van der Waals surface area contributed by atoms with E-state index in [1.807, 2.05) is 39.1 Å². The molecule has 1 aliphatic rings. The molecule has 0 saturated carbocycles. The number of hydrogen-bond acceptors (Lipinski definition) is 4. The smallest absolute Gasteiger partial charge is 0.264 e. The molecule has 134 valence electrons. The molecule has 0 spiro atoms. The van der Waals surface area contributed by atoms with E-state index in [1.165, 1.54) is 11.8 Å². The van der Waals surface area contributed by atoms with Crippen LogP contribution in [0.1, 0.15) is 16.7 Å². The van der Waals surface area contributed by atoms with Gasteiger partial charge in [-0.2, -0.15) is 0 Å².